The summed E-state index contributed by atoms with van der Waals surface area (Å²) in [5.74, 6) is -0.542. The number of nitriles is 1. The summed E-state index contributed by atoms with van der Waals surface area (Å²) < 4.78 is 51.4. The standard InChI is InChI=1S/C31H27F3N4O4/c1-17-4-6-18(7-5-17)26-25(28(40)36-2)22-15-20(23(37-29(22)42-26)10-11-31(32,33)34)19-8-9-24(41-3)21(14-19)27(39)38-30(16-35)12-13-30/h4-9,14-15H,10-13H2,1-3H3,(H,36,40)(H,38,39). The number of aryl methyl sites for hydroxylation is 2. The van der Waals surface area contributed by atoms with Gasteiger partial charge in [-0.1, -0.05) is 35.9 Å². The average molecular weight is 577 g/mol. The average Bonchev–Trinajstić information content (AvgIpc) is 3.65. The van der Waals surface area contributed by atoms with E-state index in [4.69, 9.17) is 9.15 Å². The second-order valence-electron chi connectivity index (χ2n) is 10.3. The van der Waals surface area contributed by atoms with Crippen LogP contribution in [0.4, 0.5) is 13.2 Å². The molecule has 2 heterocycles. The first kappa shape index (κ1) is 28.7. The van der Waals surface area contributed by atoms with Gasteiger partial charge in [0.15, 0.2) is 0 Å². The topological polar surface area (TPSA) is 117 Å². The Morgan fingerprint density at radius 3 is 2.38 bits per heavy atom. The van der Waals surface area contributed by atoms with E-state index in [2.05, 4.69) is 21.7 Å². The van der Waals surface area contributed by atoms with Gasteiger partial charge >= 0.3 is 6.18 Å². The summed E-state index contributed by atoms with van der Waals surface area (Å²) in [5, 5.41) is 15.1. The Morgan fingerprint density at radius 2 is 1.79 bits per heavy atom. The second-order valence-corrected chi connectivity index (χ2v) is 10.3. The monoisotopic (exact) mass is 576 g/mol. The van der Waals surface area contributed by atoms with E-state index in [9.17, 15) is 28.0 Å². The second kappa shape index (κ2) is 10.9. The Morgan fingerprint density at radius 1 is 1.10 bits per heavy atom. The first-order valence-electron chi connectivity index (χ1n) is 13.2. The van der Waals surface area contributed by atoms with Crippen LogP contribution in [0.2, 0.25) is 0 Å². The van der Waals surface area contributed by atoms with Crippen LogP contribution in [0, 0.1) is 18.3 Å². The van der Waals surface area contributed by atoms with Gasteiger partial charge in [0.05, 0.1) is 35.4 Å². The number of methoxy groups -OCH3 is 1. The third-order valence-corrected chi connectivity index (χ3v) is 7.25. The van der Waals surface area contributed by atoms with E-state index in [-0.39, 0.29) is 34.0 Å². The number of nitrogens with one attached hydrogen (secondary N) is 2. The van der Waals surface area contributed by atoms with Crippen LogP contribution in [0.5, 0.6) is 5.75 Å². The molecule has 11 heteroatoms. The highest BCUT2D eigenvalue weighted by atomic mass is 19.4. The van der Waals surface area contributed by atoms with Gasteiger partial charge in [-0.2, -0.15) is 18.4 Å². The summed E-state index contributed by atoms with van der Waals surface area (Å²) in [6.45, 7) is 1.91. The minimum absolute atomic E-state index is 0.0151. The SMILES string of the molecule is CNC(=O)c1c(-c2ccc(C)cc2)oc2nc(CCC(F)(F)F)c(-c3ccc(OC)c(C(=O)NC4(C#N)CC4)c3)cc12. The van der Waals surface area contributed by atoms with Gasteiger partial charge in [-0.25, -0.2) is 4.98 Å². The number of rotatable bonds is 8. The molecule has 42 heavy (non-hydrogen) atoms. The molecule has 1 fully saturated rings. The number of hydrogen-bond acceptors (Lipinski definition) is 6. The minimum Gasteiger partial charge on any atom is -0.496 e. The number of amides is 2. The molecule has 2 aromatic heterocycles. The van der Waals surface area contributed by atoms with Gasteiger partial charge in [0.1, 0.15) is 17.0 Å². The molecular formula is C31H27F3N4O4. The Balaban J connectivity index is 1.70. The van der Waals surface area contributed by atoms with Crippen molar-refractivity contribution in [1.82, 2.24) is 15.6 Å². The Hall–Kier alpha value is -4.85. The number of hydrogen-bond donors (Lipinski definition) is 2. The molecule has 5 rings (SSSR count). The zero-order valence-electron chi connectivity index (χ0n) is 23.1. The van der Waals surface area contributed by atoms with Crippen molar-refractivity contribution in [3.8, 4) is 34.3 Å². The van der Waals surface area contributed by atoms with Crippen molar-refractivity contribution in [2.24, 2.45) is 0 Å². The van der Waals surface area contributed by atoms with E-state index >= 15 is 0 Å². The molecule has 0 radical (unpaired) electrons. The first-order chi connectivity index (χ1) is 20.0. The van der Waals surface area contributed by atoms with Crippen molar-refractivity contribution in [2.45, 2.75) is 44.3 Å². The highest BCUT2D eigenvalue weighted by molar-refractivity contribution is 6.11. The van der Waals surface area contributed by atoms with E-state index in [0.29, 0.717) is 34.9 Å². The predicted octanol–water partition coefficient (Wildman–Crippen LogP) is 6.12. The van der Waals surface area contributed by atoms with Crippen LogP contribution in [0.25, 0.3) is 33.6 Å². The molecule has 216 valence electrons. The van der Waals surface area contributed by atoms with Crippen LogP contribution >= 0.6 is 0 Å². The number of aromatic nitrogens is 1. The van der Waals surface area contributed by atoms with Crippen molar-refractivity contribution >= 4 is 22.9 Å². The van der Waals surface area contributed by atoms with E-state index in [1.807, 2.05) is 19.1 Å². The minimum atomic E-state index is -4.45. The molecule has 0 bridgehead atoms. The smallest absolute Gasteiger partial charge is 0.389 e. The molecule has 1 aliphatic rings. The van der Waals surface area contributed by atoms with Crippen molar-refractivity contribution in [2.75, 3.05) is 14.2 Å². The number of nitrogens with zero attached hydrogens (tertiary/aromatic N) is 2. The molecule has 0 aliphatic heterocycles. The highest BCUT2D eigenvalue weighted by Crippen LogP contribution is 2.39. The summed E-state index contributed by atoms with van der Waals surface area (Å²) in [7, 11) is 2.85. The number of ether oxygens (including phenoxy) is 1. The first-order valence-corrected chi connectivity index (χ1v) is 13.2. The van der Waals surface area contributed by atoms with E-state index in [0.717, 1.165) is 5.56 Å². The van der Waals surface area contributed by atoms with Crippen LogP contribution in [-0.2, 0) is 6.42 Å². The van der Waals surface area contributed by atoms with Crippen molar-refractivity contribution in [3.63, 3.8) is 0 Å². The summed E-state index contributed by atoms with van der Waals surface area (Å²) in [6, 6.07) is 15.6. The van der Waals surface area contributed by atoms with Gasteiger partial charge in [-0.15, -0.1) is 0 Å². The molecule has 2 amide bonds. The molecule has 2 aromatic carbocycles. The summed E-state index contributed by atoms with van der Waals surface area (Å²) in [4.78, 5) is 30.7. The Labute approximate surface area is 239 Å². The van der Waals surface area contributed by atoms with Crippen LogP contribution < -0.4 is 15.4 Å². The van der Waals surface area contributed by atoms with Crippen LogP contribution in [0.15, 0.2) is 52.9 Å². The van der Waals surface area contributed by atoms with Crippen LogP contribution in [0.1, 0.15) is 51.2 Å². The highest BCUT2D eigenvalue weighted by Gasteiger charge is 2.45. The quantitative estimate of drug-likeness (QED) is 0.261. The fourth-order valence-electron chi connectivity index (χ4n) is 4.75. The zero-order valence-corrected chi connectivity index (χ0v) is 23.1. The molecule has 1 aliphatic carbocycles. The van der Waals surface area contributed by atoms with Gasteiger partial charge in [0.2, 0.25) is 5.71 Å². The van der Waals surface area contributed by atoms with Gasteiger partial charge in [-0.05, 0) is 49.9 Å². The van der Waals surface area contributed by atoms with E-state index in [1.54, 1.807) is 24.3 Å². The maximum absolute atomic E-state index is 13.3. The normalized spacial score (nSPS) is 13.8. The lowest BCUT2D eigenvalue weighted by molar-refractivity contribution is -0.134. The lowest BCUT2D eigenvalue weighted by atomic mass is 9.96. The number of benzene rings is 2. The lowest BCUT2D eigenvalue weighted by Gasteiger charge is -2.15. The van der Waals surface area contributed by atoms with Gasteiger partial charge < -0.3 is 19.8 Å². The third-order valence-electron chi connectivity index (χ3n) is 7.25. The number of fused-ring (bicyclic) bond motifs is 1. The number of furan rings is 1. The molecular weight excluding hydrogens is 549 g/mol. The largest absolute Gasteiger partial charge is 0.496 e. The van der Waals surface area contributed by atoms with Crippen molar-refractivity contribution in [1.29, 1.82) is 5.26 Å². The van der Waals surface area contributed by atoms with Gasteiger partial charge in [0.25, 0.3) is 11.8 Å². The maximum Gasteiger partial charge on any atom is 0.389 e. The molecule has 4 aromatic rings. The fraction of sp³-hybridized carbons (Fsp3) is 0.290. The third kappa shape index (κ3) is 5.65. The summed E-state index contributed by atoms with van der Waals surface area (Å²) in [5.41, 5.74) is 1.73. The van der Waals surface area contributed by atoms with E-state index < -0.39 is 36.4 Å². The Bertz CT molecular complexity index is 1730. The van der Waals surface area contributed by atoms with Crippen LogP contribution in [0.3, 0.4) is 0 Å². The number of halogens is 3. The van der Waals surface area contributed by atoms with Crippen LogP contribution in [-0.4, -0.2) is 42.7 Å². The van der Waals surface area contributed by atoms with Crippen molar-refractivity contribution in [3.05, 3.63) is 70.9 Å². The number of alkyl halides is 3. The summed E-state index contributed by atoms with van der Waals surface area (Å²) >= 11 is 0. The molecule has 0 atom stereocenters. The van der Waals surface area contributed by atoms with E-state index in [1.165, 1.54) is 26.3 Å². The lowest BCUT2D eigenvalue weighted by Crippen LogP contribution is -2.35. The molecule has 0 saturated heterocycles. The molecule has 0 spiro atoms. The summed E-state index contributed by atoms with van der Waals surface area (Å²) in [6.07, 6.45) is -5.01. The predicted molar refractivity (Wildman–Crippen MR) is 149 cm³/mol. The molecule has 1 saturated carbocycles. The fourth-order valence-corrected chi connectivity index (χ4v) is 4.75. The molecule has 8 nitrogen and oxygen atoms in total. The van der Waals surface area contributed by atoms with Crippen molar-refractivity contribution < 1.29 is 31.9 Å². The number of carbonyl (C=O) groups excluding carboxylic acids is 2. The van der Waals surface area contributed by atoms with Gasteiger partial charge in [-0.3, -0.25) is 9.59 Å². The van der Waals surface area contributed by atoms with Gasteiger partial charge in [0, 0.05) is 24.6 Å². The number of carbonyl (C=O) groups is 2. The molecule has 2 N–H and O–H groups in total. The number of pyridine rings is 1. The zero-order chi connectivity index (χ0) is 30.2. The Kier molecular flexibility index (Phi) is 7.41. The molecule has 0 unspecified atom stereocenters. The maximum atomic E-state index is 13.3.